The minimum absolute atomic E-state index is 0.0190. The number of amides is 1. The Bertz CT molecular complexity index is 792. The van der Waals surface area contributed by atoms with E-state index in [9.17, 15) is 4.79 Å². The van der Waals surface area contributed by atoms with Crippen LogP contribution in [0, 0.1) is 6.92 Å². The van der Waals surface area contributed by atoms with Crippen molar-refractivity contribution in [1.82, 2.24) is 10.3 Å². The fourth-order valence-corrected chi connectivity index (χ4v) is 3.11. The van der Waals surface area contributed by atoms with E-state index in [0.29, 0.717) is 0 Å². The predicted molar refractivity (Wildman–Crippen MR) is 91.3 cm³/mol. The van der Waals surface area contributed by atoms with Crippen LogP contribution < -0.4 is 5.32 Å². The standard InChI is InChI=1S/C18H18N2O2S/c1-12-8-9-16(22-12)18-20-15(11-23-18)10-17(21)19-13(2)14-6-4-3-5-7-14/h3-9,11,13H,10H2,1-2H3,(H,19,21). The maximum atomic E-state index is 12.2. The molecule has 1 unspecified atom stereocenters. The van der Waals surface area contributed by atoms with Crippen molar-refractivity contribution in [3.05, 3.63) is 64.9 Å². The molecule has 4 nitrogen and oxygen atoms in total. The van der Waals surface area contributed by atoms with E-state index in [-0.39, 0.29) is 18.4 Å². The number of thiazole rings is 1. The summed E-state index contributed by atoms with van der Waals surface area (Å²) in [6, 6.07) is 13.7. The molecule has 1 aromatic carbocycles. The van der Waals surface area contributed by atoms with E-state index in [0.717, 1.165) is 27.8 Å². The van der Waals surface area contributed by atoms with Gasteiger partial charge in [0.25, 0.3) is 0 Å². The van der Waals surface area contributed by atoms with Crippen molar-refractivity contribution in [2.75, 3.05) is 0 Å². The van der Waals surface area contributed by atoms with Crippen LogP contribution in [0.1, 0.15) is 30.0 Å². The molecule has 0 fully saturated rings. The third kappa shape index (κ3) is 3.87. The van der Waals surface area contributed by atoms with Crippen LogP contribution in [-0.2, 0) is 11.2 Å². The van der Waals surface area contributed by atoms with E-state index in [1.807, 2.05) is 61.7 Å². The van der Waals surface area contributed by atoms with Crippen LogP contribution >= 0.6 is 11.3 Å². The van der Waals surface area contributed by atoms with E-state index in [4.69, 9.17) is 4.42 Å². The SMILES string of the molecule is Cc1ccc(-c2nc(CC(=O)NC(C)c3ccccc3)cs2)o1. The third-order valence-electron chi connectivity index (χ3n) is 3.52. The van der Waals surface area contributed by atoms with Crippen LogP contribution in [0.2, 0.25) is 0 Å². The van der Waals surface area contributed by atoms with Gasteiger partial charge in [0.1, 0.15) is 5.76 Å². The average Bonchev–Trinajstić information content (AvgIpc) is 3.17. The summed E-state index contributed by atoms with van der Waals surface area (Å²) in [5.41, 5.74) is 1.85. The lowest BCUT2D eigenvalue weighted by Crippen LogP contribution is -2.28. The second-order valence-electron chi connectivity index (χ2n) is 5.43. The lowest BCUT2D eigenvalue weighted by atomic mass is 10.1. The molecule has 2 heterocycles. The number of aromatic nitrogens is 1. The highest BCUT2D eigenvalue weighted by molar-refractivity contribution is 7.13. The fraction of sp³-hybridized carbons (Fsp3) is 0.222. The molecule has 0 aliphatic heterocycles. The van der Waals surface area contributed by atoms with Gasteiger partial charge < -0.3 is 9.73 Å². The lowest BCUT2D eigenvalue weighted by molar-refractivity contribution is -0.121. The van der Waals surface area contributed by atoms with E-state index in [1.165, 1.54) is 11.3 Å². The van der Waals surface area contributed by atoms with Crippen molar-refractivity contribution in [3.63, 3.8) is 0 Å². The smallest absolute Gasteiger partial charge is 0.226 e. The van der Waals surface area contributed by atoms with Gasteiger partial charge in [-0.25, -0.2) is 4.98 Å². The largest absolute Gasteiger partial charge is 0.459 e. The molecule has 1 atom stereocenters. The molecule has 0 radical (unpaired) electrons. The highest BCUT2D eigenvalue weighted by Crippen LogP contribution is 2.25. The van der Waals surface area contributed by atoms with Gasteiger partial charge in [0.2, 0.25) is 5.91 Å². The van der Waals surface area contributed by atoms with Gasteiger partial charge in [-0.2, -0.15) is 0 Å². The number of carbonyl (C=O) groups excluding carboxylic acids is 1. The van der Waals surface area contributed by atoms with E-state index < -0.39 is 0 Å². The molecule has 3 aromatic rings. The van der Waals surface area contributed by atoms with Crippen molar-refractivity contribution in [2.24, 2.45) is 0 Å². The Hall–Kier alpha value is -2.40. The molecule has 0 saturated carbocycles. The Balaban J connectivity index is 1.61. The molecular weight excluding hydrogens is 308 g/mol. The molecular formula is C18H18N2O2S. The summed E-state index contributed by atoms with van der Waals surface area (Å²) < 4.78 is 5.56. The normalized spacial score (nSPS) is 12.1. The number of furan rings is 1. The van der Waals surface area contributed by atoms with Crippen molar-refractivity contribution in [2.45, 2.75) is 26.3 Å². The predicted octanol–water partition coefficient (Wildman–Crippen LogP) is 4.13. The first kappa shape index (κ1) is 15.5. The Morgan fingerprint density at radius 3 is 2.74 bits per heavy atom. The van der Waals surface area contributed by atoms with Gasteiger partial charge >= 0.3 is 0 Å². The van der Waals surface area contributed by atoms with Gasteiger partial charge in [0, 0.05) is 5.38 Å². The number of hydrogen-bond donors (Lipinski definition) is 1. The van der Waals surface area contributed by atoms with Gasteiger partial charge in [-0.15, -0.1) is 11.3 Å². The molecule has 0 aliphatic rings. The van der Waals surface area contributed by atoms with E-state index in [2.05, 4.69) is 10.3 Å². The first-order valence-corrected chi connectivity index (χ1v) is 8.35. The molecule has 1 N–H and O–H groups in total. The van der Waals surface area contributed by atoms with Gasteiger partial charge in [0.15, 0.2) is 10.8 Å². The first-order chi connectivity index (χ1) is 11.1. The zero-order valence-corrected chi connectivity index (χ0v) is 13.9. The molecule has 0 saturated heterocycles. The monoisotopic (exact) mass is 326 g/mol. The number of nitrogens with one attached hydrogen (secondary N) is 1. The number of nitrogens with zero attached hydrogens (tertiary/aromatic N) is 1. The minimum Gasteiger partial charge on any atom is -0.459 e. The molecule has 0 spiro atoms. The maximum absolute atomic E-state index is 12.2. The van der Waals surface area contributed by atoms with Crippen molar-refractivity contribution >= 4 is 17.2 Å². The van der Waals surface area contributed by atoms with Gasteiger partial charge in [-0.3, -0.25) is 4.79 Å². The Kier molecular flexibility index (Phi) is 4.57. The Morgan fingerprint density at radius 1 is 1.26 bits per heavy atom. The molecule has 3 rings (SSSR count). The quantitative estimate of drug-likeness (QED) is 0.767. The van der Waals surface area contributed by atoms with Crippen LogP contribution in [0.25, 0.3) is 10.8 Å². The summed E-state index contributed by atoms with van der Waals surface area (Å²) in [5, 5.41) is 5.71. The molecule has 1 amide bonds. The Morgan fingerprint density at radius 2 is 2.04 bits per heavy atom. The summed E-state index contributed by atoms with van der Waals surface area (Å²) >= 11 is 1.49. The van der Waals surface area contributed by atoms with Crippen molar-refractivity contribution in [3.8, 4) is 10.8 Å². The van der Waals surface area contributed by atoms with Crippen molar-refractivity contribution < 1.29 is 9.21 Å². The summed E-state index contributed by atoms with van der Waals surface area (Å²) in [6.45, 7) is 3.88. The molecule has 0 aliphatic carbocycles. The molecule has 5 heteroatoms. The summed E-state index contributed by atoms with van der Waals surface area (Å²) in [4.78, 5) is 16.7. The van der Waals surface area contributed by atoms with E-state index in [1.54, 1.807) is 0 Å². The lowest BCUT2D eigenvalue weighted by Gasteiger charge is -2.13. The minimum atomic E-state index is -0.0335. The van der Waals surface area contributed by atoms with Gasteiger partial charge in [-0.05, 0) is 31.5 Å². The second-order valence-corrected chi connectivity index (χ2v) is 6.29. The van der Waals surface area contributed by atoms with Crippen LogP contribution in [-0.4, -0.2) is 10.9 Å². The summed E-state index contributed by atoms with van der Waals surface area (Å²) in [7, 11) is 0. The van der Waals surface area contributed by atoms with Crippen molar-refractivity contribution in [1.29, 1.82) is 0 Å². The highest BCUT2D eigenvalue weighted by Gasteiger charge is 2.13. The van der Waals surface area contributed by atoms with Crippen LogP contribution in [0.15, 0.2) is 52.3 Å². The summed E-state index contributed by atoms with van der Waals surface area (Å²) in [6.07, 6.45) is 0.271. The highest BCUT2D eigenvalue weighted by atomic mass is 32.1. The number of benzene rings is 1. The van der Waals surface area contributed by atoms with Gasteiger partial charge in [0.05, 0.1) is 18.2 Å². The number of rotatable bonds is 5. The Labute approximate surface area is 139 Å². The maximum Gasteiger partial charge on any atom is 0.226 e. The number of carbonyl (C=O) groups is 1. The number of hydrogen-bond acceptors (Lipinski definition) is 4. The molecule has 118 valence electrons. The van der Waals surface area contributed by atoms with Crippen LogP contribution in [0.4, 0.5) is 0 Å². The fourth-order valence-electron chi connectivity index (χ4n) is 2.33. The van der Waals surface area contributed by atoms with E-state index >= 15 is 0 Å². The topological polar surface area (TPSA) is 55.1 Å². The summed E-state index contributed by atoms with van der Waals surface area (Å²) in [5.74, 6) is 1.57. The zero-order chi connectivity index (χ0) is 16.2. The number of aryl methyl sites for hydroxylation is 1. The first-order valence-electron chi connectivity index (χ1n) is 7.47. The molecule has 2 aromatic heterocycles. The second kappa shape index (κ2) is 6.79. The third-order valence-corrected chi connectivity index (χ3v) is 4.43. The van der Waals surface area contributed by atoms with Crippen LogP contribution in [0.3, 0.4) is 0 Å². The van der Waals surface area contributed by atoms with Gasteiger partial charge in [-0.1, -0.05) is 30.3 Å². The zero-order valence-electron chi connectivity index (χ0n) is 13.1. The average molecular weight is 326 g/mol. The molecule has 0 bridgehead atoms. The van der Waals surface area contributed by atoms with Crippen LogP contribution in [0.5, 0.6) is 0 Å². The molecule has 23 heavy (non-hydrogen) atoms.